The van der Waals surface area contributed by atoms with Gasteiger partial charge in [0, 0.05) is 6.08 Å². The summed E-state index contributed by atoms with van der Waals surface area (Å²) >= 11 is 0. The van der Waals surface area contributed by atoms with Crippen molar-refractivity contribution >= 4 is 27.6 Å². The zero-order chi connectivity index (χ0) is 14.2. The Kier molecular flexibility index (Phi) is 2.97. The molecule has 3 heteroatoms. The van der Waals surface area contributed by atoms with Crippen molar-refractivity contribution in [1.29, 1.82) is 0 Å². The van der Waals surface area contributed by atoms with Gasteiger partial charge in [0.15, 0.2) is 0 Å². The third-order valence-corrected chi connectivity index (χ3v) is 3.25. The van der Waals surface area contributed by atoms with Crippen molar-refractivity contribution in [2.24, 2.45) is 0 Å². The molecule has 0 aliphatic heterocycles. The molecular formula is C17H11F3. The molecule has 0 heterocycles. The van der Waals surface area contributed by atoms with E-state index in [9.17, 15) is 13.2 Å². The quantitative estimate of drug-likeness (QED) is 0.508. The maximum absolute atomic E-state index is 12.4. The van der Waals surface area contributed by atoms with Crippen molar-refractivity contribution in [1.82, 2.24) is 0 Å². The number of hydrogen-bond acceptors (Lipinski definition) is 0. The minimum absolute atomic E-state index is 0.281. The van der Waals surface area contributed by atoms with Crippen molar-refractivity contribution in [3.05, 3.63) is 66.2 Å². The first kappa shape index (κ1) is 12.7. The van der Waals surface area contributed by atoms with Gasteiger partial charge in [0.25, 0.3) is 0 Å². The molecule has 3 rings (SSSR count). The summed E-state index contributed by atoms with van der Waals surface area (Å²) in [6.45, 7) is 0. The van der Waals surface area contributed by atoms with Crippen LogP contribution < -0.4 is 0 Å². The Bertz CT molecular complexity index is 798. The van der Waals surface area contributed by atoms with Crippen LogP contribution in [0.4, 0.5) is 13.2 Å². The van der Waals surface area contributed by atoms with Crippen LogP contribution in [0.15, 0.2) is 60.7 Å². The van der Waals surface area contributed by atoms with E-state index in [0.717, 1.165) is 27.6 Å². The summed E-state index contributed by atoms with van der Waals surface area (Å²) in [6, 6.07) is 17.0. The molecule has 0 fully saturated rings. The standard InChI is InChI=1S/C17H11F3/c18-17(19,20)10-9-13-11-12-5-1-2-6-14(12)16-8-4-3-7-15(13)16/h1-11H/b10-9+. The lowest BCUT2D eigenvalue weighted by atomic mass is 9.97. The van der Waals surface area contributed by atoms with E-state index in [1.54, 1.807) is 6.07 Å². The zero-order valence-electron chi connectivity index (χ0n) is 10.5. The number of fused-ring (bicyclic) bond motifs is 3. The predicted molar refractivity (Wildman–Crippen MR) is 76.5 cm³/mol. The molecule has 0 N–H and O–H groups in total. The summed E-state index contributed by atoms with van der Waals surface area (Å²) in [5, 5.41) is 3.78. The molecule has 0 spiro atoms. The van der Waals surface area contributed by atoms with Gasteiger partial charge in [0.05, 0.1) is 0 Å². The second kappa shape index (κ2) is 4.67. The van der Waals surface area contributed by atoms with Crippen LogP contribution in [-0.2, 0) is 0 Å². The first-order valence-corrected chi connectivity index (χ1v) is 6.21. The van der Waals surface area contributed by atoms with Gasteiger partial charge in [-0.25, -0.2) is 0 Å². The van der Waals surface area contributed by atoms with Gasteiger partial charge >= 0.3 is 6.18 Å². The van der Waals surface area contributed by atoms with Crippen LogP contribution in [0.5, 0.6) is 0 Å². The Labute approximate surface area is 114 Å². The van der Waals surface area contributed by atoms with Crippen LogP contribution in [-0.4, -0.2) is 6.18 Å². The first-order valence-electron chi connectivity index (χ1n) is 6.21. The van der Waals surface area contributed by atoms with Gasteiger partial charge in [-0.2, -0.15) is 13.2 Å². The number of halogens is 3. The maximum Gasteiger partial charge on any atom is 0.409 e. The fraction of sp³-hybridized carbons (Fsp3) is 0.0588. The Hall–Kier alpha value is -2.29. The molecular weight excluding hydrogens is 261 g/mol. The average molecular weight is 272 g/mol. The van der Waals surface area contributed by atoms with Crippen LogP contribution >= 0.6 is 0 Å². The Morgan fingerprint density at radius 3 is 2.05 bits per heavy atom. The molecule has 3 aromatic rings. The molecule has 100 valence electrons. The number of allylic oxidation sites excluding steroid dienone is 1. The molecule has 0 aliphatic carbocycles. The third kappa shape index (κ3) is 2.39. The lowest BCUT2D eigenvalue weighted by Crippen LogP contribution is -2.00. The van der Waals surface area contributed by atoms with Gasteiger partial charge in [-0.15, -0.1) is 0 Å². The highest BCUT2D eigenvalue weighted by Gasteiger charge is 2.22. The topological polar surface area (TPSA) is 0 Å². The molecule has 0 saturated carbocycles. The average Bonchev–Trinajstić information content (AvgIpc) is 2.44. The SMILES string of the molecule is FC(F)(F)/C=C/c1cc2ccccc2c2ccccc12. The Morgan fingerprint density at radius 1 is 0.750 bits per heavy atom. The first-order chi connectivity index (χ1) is 9.54. The Balaban J connectivity index is 2.32. The number of hydrogen-bond donors (Lipinski definition) is 0. The van der Waals surface area contributed by atoms with Crippen LogP contribution in [0.1, 0.15) is 5.56 Å². The van der Waals surface area contributed by atoms with E-state index < -0.39 is 6.18 Å². The fourth-order valence-corrected chi connectivity index (χ4v) is 2.41. The number of benzene rings is 3. The summed E-state index contributed by atoms with van der Waals surface area (Å²) in [5.41, 5.74) is 0.580. The van der Waals surface area contributed by atoms with E-state index in [0.29, 0.717) is 5.56 Å². The van der Waals surface area contributed by atoms with E-state index >= 15 is 0 Å². The molecule has 0 unspecified atom stereocenters. The summed E-state index contributed by atoms with van der Waals surface area (Å²) in [6.07, 6.45) is -2.88. The van der Waals surface area contributed by atoms with Crippen LogP contribution in [0, 0.1) is 0 Å². The van der Waals surface area contributed by atoms with E-state index in [2.05, 4.69) is 0 Å². The minimum atomic E-state index is -4.30. The van der Waals surface area contributed by atoms with Crippen molar-refractivity contribution in [3.63, 3.8) is 0 Å². The summed E-state index contributed by atoms with van der Waals surface area (Å²) in [7, 11) is 0. The molecule has 0 aliphatic rings. The second-order valence-electron chi connectivity index (χ2n) is 4.61. The van der Waals surface area contributed by atoms with Crippen LogP contribution in [0.3, 0.4) is 0 Å². The summed E-state index contributed by atoms with van der Waals surface area (Å²) < 4.78 is 37.1. The predicted octanol–water partition coefficient (Wildman–Crippen LogP) is 5.57. The van der Waals surface area contributed by atoms with E-state index in [4.69, 9.17) is 0 Å². The molecule has 0 bridgehead atoms. The second-order valence-corrected chi connectivity index (χ2v) is 4.61. The lowest BCUT2D eigenvalue weighted by molar-refractivity contribution is -0.0790. The fourth-order valence-electron chi connectivity index (χ4n) is 2.41. The van der Waals surface area contributed by atoms with Crippen molar-refractivity contribution in [3.8, 4) is 0 Å². The molecule has 0 atom stereocenters. The maximum atomic E-state index is 12.4. The Morgan fingerprint density at radius 2 is 1.35 bits per heavy atom. The van der Waals surface area contributed by atoms with Crippen molar-refractivity contribution in [2.45, 2.75) is 6.18 Å². The zero-order valence-corrected chi connectivity index (χ0v) is 10.5. The lowest BCUT2D eigenvalue weighted by Gasteiger charge is -2.08. The molecule has 0 amide bonds. The largest absolute Gasteiger partial charge is 0.409 e. The normalized spacial score (nSPS) is 12.6. The van der Waals surface area contributed by atoms with Crippen LogP contribution in [0.25, 0.3) is 27.6 Å². The van der Waals surface area contributed by atoms with Gasteiger partial charge in [-0.05, 0) is 39.3 Å². The van der Waals surface area contributed by atoms with Gasteiger partial charge < -0.3 is 0 Å². The third-order valence-electron chi connectivity index (χ3n) is 3.25. The molecule has 0 aromatic heterocycles. The van der Waals surface area contributed by atoms with Gasteiger partial charge in [0.1, 0.15) is 0 Å². The summed E-state index contributed by atoms with van der Waals surface area (Å²) in [4.78, 5) is 0. The van der Waals surface area contributed by atoms with E-state index in [1.807, 2.05) is 48.5 Å². The highest BCUT2D eigenvalue weighted by molar-refractivity contribution is 6.10. The molecule has 0 saturated heterocycles. The van der Waals surface area contributed by atoms with Crippen LogP contribution in [0.2, 0.25) is 0 Å². The molecule has 20 heavy (non-hydrogen) atoms. The molecule has 0 radical (unpaired) electrons. The van der Waals surface area contributed by atoms with Crippen molar-refractivity contribution in [2.75, 3.05) is 0 Å². The molecule has 3 aromatic carbocycles. The monoisotopic (exact) mass is 272 g/mol. The number of rotatable bonds is 1. The highest BCUT2D eigenvalue weighted by atomic mass is 19.4. The van der Waals surface area contributed by atoms with Gasteiger partial charge in [0.2, 0.25) is 0 Å². The van der Waals surface area contributed by atoms with Crippen molar-refractivity contribution < 1.29 is 13.2 Å². The highest BCUT2D eigenvalue weighted by Crippen LogP contribution is 2.30. The smallest absolute Gasteiger partial charge is 0.167 e. The number of alkyl halides is 3. The van der Waals surface area contributed by atoms with Gasteiger partial charge in [-0.1, -0.05) is 48.5 Å². The summed E-state index contributed by atoms with van der Waals surface area (Å²) in [5.74, 6) is 0. The molecule has 0 nitrogen and oxygen atoms in total. The van der Waals surface area contributed by atoms with E-state index in [1.165, 1.54) is 0 Å². The van der Waals surface area contributed by atoms with E-state index in [-0.39, 0.29) is 6.08 Å². The minimum Gasteiger partial charge on any atom is -0.167 e. The van der Waals surface area contributed by atoms with Gasteiger partial charge in [-0.3, -0.25) is 0 Å².